The fraction of sp³-hybridized carbons (Fsp3) is 0.125. The second-order valence-corrected chi connectivity index (χ2v) is 4.43. The minimum Gasteiger partial charge on any atom is -0.508 e. The number of carbonyl (C=O) groups is 2. The summed E-state index contributed by atoms with van der Waals surface area (Å²) in [6, 6.07) is 9.89. The first-order valence-electron chi connectivity index (χ1n) is 6.37. The molecule has 0 aliphatic rings. The summed E-state index contributed by atoms with van der Waals surface area (Å²) >= 11 is 0. The number of Topliss-reactive ketones (excluding diaryl/α,β-unsaturated/α-hetero) is 1. The van der Waals surface area contributed by atoms with Gasteiger partial charge in [0, 0.05) is 6.07 Å². The molecule has 2 aromatic carbocycles. The van der Waals surface area contributed by atoms with E-state index in [0.717, 1.165) is 6.07 Å². The summed E-state index contributed by atoms with van der Waals surface area (Å²) in [4.78, 5) is 23.4. The Kier molecular flexibility index (Phi) is 4.63. The van der Waals surface area contributed by atoms with Gasteiger partial charge < -0.3 is 19.7 Å². The van der Waals surface area contributed by atoms with Gasteiger partial charge in [0.15, 0.2) is 6.61 Å². The fourth-order valence-corrected chi connectivity index (χ4v) is 1.81. The zero-order chi connectivity index (χ0) is 16.1. The van der Waals surface area contributed by atoms with E-state index in [0.29, 0.717) is 11.3 Å². The van der Waals surface area contributed by atoms with Crippen LogP contribution in [-0.2, 0) is 4.74 Å². The van der Waals surface area contributed by atoms with Crippen molar-refractivity contribution in [2.75, 3.05) is 13.7 Å². The van der Waals surface area contributed by atoms with Gasteiger partial charge in [-0.15, -0.1) is 0 Å². The van der Waals surface area contributed by atoms with Crippen LogP contribution in [-0.4, -0.2) is 35.7 Å². The van der Waals surface area contributed by atoms with Gasteiger partial charge in [0.2, 0.25) is 5.78 Å². The van der Waals surface area contributed by atoms with Gasteiger partial charge in [0.05, 0.1) is 18.2 Å². The monoisotopic (exact) mass is 302 g/mol. The zero-order valence-corrected chi connectivity index (χ0v) is 11.8. The van der Waals surface area contributed by atoms with Crippen molar-refractivity contribution >= 4 is 11.8 Å². The zero-order valence-electron chi connectivity index (χ0n) is 11.8. The molecular formula is C16H14O6. The first-order chi connectivity index (χ1) is 10.5. The highest BCUT2D eigenvalue weighted by atomic mass is 16.5. The summed E-state index contributed by atoms with van der Waals surface area (Å²) in [5, 5.41) is 18.8. The van der Waals surface area contributed by atoms with Crippen LogP contribution in [0.3, 0.4) is 0 Å². The molecule has 0 amide bonds. The normalized spacial score (nSPS) is 10.0. The van der Waals surface area contributed by atoms with Gasteiger partial charge in [-0.3, -0.25) is 4.79 Å². The Morgan fingerprint density at radius 2 is 1.86 bits per heavy atom. The molecule has 0 aliphatic carbocycles. The van der Waals surface area contributed by atoms with Crippen molar-refractivity contribution in [3.63, 3.8) is 0 Å². The van der Waals surface area contributed by atoms with Crippen LogP contribution in [0.25, 0.3) is 0 Å². The second-order valence-electron chi connectivity index (χ2n) is 4.43. The van der Waals surface area contributed by atoms with Crippen molar-refractivity contribution in [3.05, 3.63) is 53.6 Å². The number of phenols is 2. The maximum Gasteiger partial charge on any atom is 0.337 e. The number of rotatable bonds is 5. The predicted octanol–water partition coefficient (Wildman–Crippen LogP) is 2.15. The first kappa shape index (κ1) is 15.4. The number of methoxy groups -OCH3 is 1. The maximum absolute atomic E-state index is 12.0. The number of ketones is 1. The highest BCUT2D eigenvalue weighted by molar-refractivity contribution is 5.99. The van der Waals surface area contributed by atoms with Crippen LogP contribution in [0.2, 0.25) is 0 Å². The number of ether oxygens (including phenoxy) is 2. The molecule has 0 bridgehead atoms. The Labute approximate surface area is 126 Å². The third-order valence-corrected chi connectivity index (χ3v) is 2.91. The van der Waals surface area contributed by atoms with E-state index in [2.05, 4.69) is 4.74 Å². The lowest BCUT2D eigenvalue weighted by Gasteiger charge is -2.08. The molecule has 0 spiro atoms. The second kappa shape index (κ2) is 6.62. The largest absolute Gasteiger partial charge is 0.508 e. The van der Waals surface area contributed by atoms with Crippen LogP contribution >= 0.6 is 0 Å². The summed E-state index contributed by atoms with van der Waals surface area (Å²) in [7, 11) is 1.27. The van der Waals surface area contributed by atoms with E-state index in [-0.39, 0.29) is 23.7 Å². The lowest BCUT2D eigenvalue weighted by Crippen LogP contribution is -2.12. The molecule has 0 aliphatic heterocycles. The number of phenolic OH excluding ortho intramolecular Hbond substituents is 2. The summed E-state index contributed by atoms with van der Waals surface area (Å²) in [6.45, 7) is -0.317. The van der Waals surface area contributed by atoms with Crippen molar-refractivity contribution in [2.24, 2.45) is 0 Å². The molecule has 2 rings (SSSR count). The van der Waals surface area contributed by atoms with E-state index < -0.39 is 11.8 Å². The molecule has 22 heavy (non-hydrogen) atoms. The first-order valence-corrected chi connectivity index (χ1v) is 6.37. The van der Waals surface area contributed by atoms with Crippen molar-refractivity contribution in [3.8, 4) is 17.2 Å². The SMILES string of the molecule is COC(=O)c1cccc(OCC(=O)c2ccc(O)cc2O)c1. The Morgan fingerprint density at radius 3 is 2.55 bits per heavy atom. The van der Waals surface area contributed by atoms with Crippen LogP contribution in [0.1, 0.15) is 20.7 Å². The molecule has 0 atom stereocenters. The maximum atomic E-state index is 12.0. The summed E-state index contributed by atoms with van der Waals surface area (Å²) in [5.41, 5.74) is 0.349. The third kappa shape index (κ3) is 3.54. The van der Waals surface area contributed by atoms with Gasteiger partial charge in [-0.2, -0.15) is 0 Å². The summed E-state index contributed by atoms with van der Waals surface area (Å²) in [6.07, 6.45) is 0. The summed E-state index contributed by atoms with van der Waals surface area (Å²) in [5.74, 6) is -1.10. The Hall–Kier alpha value is -3.02. The molecule has 0 radical (unpaired) electrons. The number of carbonyl (C=O) groups excluding carboxylic acids is 2. The van der Waals surface area contributed by atoms with E-state index in [4.69, 9.17) is 4.74 Å². The van der Waals surface area contributed by atoms with Crippen LogP contribution in [0.15, 0.2) is 42.5 Å². The summed E-state index contributed by atoms with van der Waals surface area (Å²) < 4.78 is 9.91. The Morgan fingerprint density at radius 1 is 1.09 bits per heavy atom. The fourth-order valence-electron chi connectivity index (χ4n) is 1.81. The standard InChI is InChI=1S/C16H14O6/c1-21-16(20)10-3-2-4-12(7-10)22-9-15(19)13-6-5-11(17)8-14(13)18/h2-8,17-18H,9H2,1H3. The molecular weight excluding hydrogens is 288 g/mol. The molecule has 2 aromatic rings. The van der Waals surface area contributed by atoms with Gasteiger partial charge in [0.25, 0.3) is 0 Å². The lowest BCUT2D eigenvalue weighted by atomic mass is 10.1. The molecule has 114 valence electrons. The van der Waals surface area contributed by atoms with Crippen LogP contribution < -0.4 is 4.74 Å². The van der Waals surface area contributed by atoms with Gasteiger partial charge in [0.1, 0.15) is 17.2 Å². The van der Waals surface area contributed by atoms with Gasteiger partial charge in [-0.1, -0.05) is 6.07 Å². The average Bonchev–Trinajstić information content (AvgIpc) is 2.52. The minimum atomic E-state index is -0.507. The van der Waals surface area contributed by atoms with Crippen LogP contribution in [0.5, 0.6) is 17.2 Å². The van der Waals surface area contributed by atoms with Crippen molar-refractivity contribution < 1.29 is 29.3 Å². The molecule has 0 fully saturated rings. The lowest BCUT2D eigenvalue weighted by molar-refractivity contribution is 0.0600. The molecule has 0 aromatic heterocycles. The van der Waals surface area contributed by atoms with E-state index in [1.807, 2.05) is 0 Å². The van der Waals surface area contributed by atoms with Crippen LogP contribution in [0.4, 0.5) is 0 Å². The van der Waals surface area contributed by atoms with E-state index in [1.165, 1.54) is 25.3 Å². The minimum absolute atomic E-state index is 0.0434. The molecule has 6 nitrogen and oxygen atoms in total. The van der Waals surface area contributed by atoms with Crippen molar-refractivity contribution in [2.45, 2.75) is 0 Å². The highest BCUT2D eigenvalue weighted by Crippen LogP contribution is 2.23. The van der Waals surface area contributed by atoms with Gasteiger partial charge in [-0.05, 0) is 30.3 Å². The Balaban J connectivity index is 2.06. The predicted molar refractivity (Wildman–Crippen MR) is 77.4 cm³/mol. The molecule has 2 N–H and O–H groups in total. The smallest absolute Gasteiger partial charge is 0.337 e. The van der Waals surface area contributed by atoms with Crippen molar-refractivity contribution in [1.82, 2.24) is 0 Å². The van der Waals surface area contributed by atoms with Gasteiger partial charge >= 0.3 is 5.97 Å². The quantitative estimate of drug-likeness (QED) is 0.649. The topological polar surface area (TPSA) is 93.1 Å². The highest BCUT2D eigenvalue weighted by Gasteiger charge is 2.13. The number of hydrogen-bond donors (Lipinski definition) is 2. The number of esters is 1. The van der Waals surface area contributed by atoms with Crippen molar-refractivity contribution in [1.29, 1.82) is 0 Å². The number of aromatic hydroxyl groups is 2. The van der Waals surface area contributed by atoms with E-state index >= 15 is 0 Å². The van der Waals surface area contributed by atoms with E-state index in [1.54, 1.807) is 18.2 Å². The van der Waals surface area contributed by atoms with Crippen LogP contribution in [0, 0.1) is 0 Å². The number of hydrogen-bond acceptors (Lipinski definition) is 6. The molecule has 0 saturated carbocycles. The average molecular weight is 302 g/mol. The van der Waals surface area contributed by atoms with E-state index in [9.17, 15) is 19.8 Å². The van der Waals surface area contributed by atoms with Gasteiger partial charge in [-0.25, -0.2) is 4.79 Å². The molecule has 0 saturated heterocycles. The molecule has 0 heterocycles. The Bertz CT molecular complexity index is 708. The number of benzene rings is 2. The molecule has 6 heteroatoms. The molecule has 0 unspecified atom stereocenters. The third-order valence-electron chi connectivity index (χ3n) is 2.91.